The molecular formula is C25H19F3N2O2S. The molecule has 2 heterocycles. The predicted molar refractivity (Wildman–Crippen MR) is 121 cm³/mol. The zero-order valence-electron chi connectivity index (χ0n) is 17.3. The van der Waals surface area contributed by atoms with E-state index in [-0.39, 0.29) is 29.5 Å². The number of thiophene rings is 1. The molecule has 33 heavy (non-hydrogen) atoms. The van der Waals surface area contributed by atoms with E-state index in [9.17, 15) is 22.8 Å². The Balaban J connectivity index is 1.69. The fourth-order valence-corrected chi connectivity index (χ4v) is 5.63. The van der Waals surface area contributed by atoms with Gasteiger partial charge in [-0.1, -0.05) is 48.5 Å². The van der Waals surface area contributed by atoms with Gasteiger partial charge >= 0.3 is 12.1 Å². The summed E-state index contributed by atoms with van der Waals surface area (Å²) in [5, 5.41) is 1.74. The zero-order valence-corrected chi connectivity index (χ0v) is 18.1. The molecule has 1 aliphatic carbocycles. The van der Waals surface area contributed by atoms with Crippen LogP contribution in [0.5, 0.6) is 0 Å². The van der Waals surface area contributed by atoms with E-state index < -0.39 is 24.0 Å². The lowest BCUT2D eigenvalue weighted by Gasteiger charge is -2.38. The highest BCUT2D eigenvalue weighted by Gasteiger charge is 2.52. The maximum atomic E-state index is 13.8. The van der Waals surface area contributed by atoms with E-state index in [1.165, 1.54) is 17.4 Å². The number of hydrogen-bond donors (Lipinski definition) is 0. The molecule has 168 valence electrons. The van der Waals surface area contributed by atoms with Crippen molar-refractivity contribution in [2.24, 2.45) is 10.9 Å². The highest BCUT2D eigenvalue weighted by atomic mass is 32.1. The largest absolute Gasteiger partial charge is 0.471 e. The Bertz CT molecular complexity index is 1220. The number of rotatable bonds is 2. The summed E-state index contributed by atoms with van der Waals surface area (Å²) < 4.78 is 41.3. The van der Waals surface area contributed by atoms with Crippen molar-refractivity contribution in [2.75, 3.05) is 4.90 Å². The van der Waals surface area contributed by atoms with Gasteiger partial charge < -0.3 is 0 Å². The van der Waals surface area contributed by atoms with Crippen LogP contribution in [0.4, 0.5) is 24.5 Å². The number of ketones is 1. The summed E-state index contributed by atoms with van der Waals surface area (Å²) in [4.78, 5) is 32.3. The van der Waals surface area contributed by atoms with Crippen LogP contribution in [0.15, 0.2) is 77.1 Å². The lowest BCUT2D eigenvalue weighted by atomic mass is 9.73. The van der Waals surface area contributed by atoms with E-state index in [2.05, 4.69) is 0 Å². The molecule has 0 N–H and O–H groups in total. The van der Waals surface area contributed by atoms with E-state index in [1.807, 2.05) is 30.3 Å². The Labute approximate surface area is 192 Å². The number of para-hydroxylation sites is 2. The fraction of sp³-hybridized carbons (Fsp3) is 0.240. The molecule has 2 aliphatic rings. The van der Waals surface area contributed by atoms with Crippen LogP contribution < -0.4 is 4.90 Å². The minimum atomic E-state index is -5.10. The van der Waals surface area contributed by atoms with Crippen LogP contribution in [0.3, 0.4) is 0 Å². The van der Waals surface area contributed by atoms with Gasteiger partial charge in [0, 0.05) is 17.0 Å². The minimum absolute atomic E-state index is 0.0594. The van der Waals surface area contributed by atoms with Crippen molar-refractivity contribution in [2.45, 2.75) is 31.0 Å². The molecule has 1 saturated carbocycles. The molecule has 1 aromatic heterocycles. The monoisotopic (exact) mass is 468 g/mol. The van der Waals surface area contributed by atoms with Crippen molar-refractivity contribution < 1.29 is 22.8 Å². The summed E-state index contributed by atoms with van der Waals surface area (Å²) in [5.74, 6) is -3.26. The lowest BCUT2D eigenvalue weighted by molar-refractivity contribution is -0.171. The first kappa shape index (κ1) is 21.6. The quantitative estimate of drug-likeness (QED) is 0.447. The molecular weight excluding hydrogens is 449 g/mol. The molecule has 3 unspecified atom stereocenters. The number of amides is 1. The SMILES string of the molecule is O=C1CC(c2ccccc2)CC2=Nc3ccccc3N(C(=O)C(F)(F)F)C(c3cccs3)C12. The summed E-state index contributed by atoms with van der Waals surface area (Å²) in [6, 6.07) is 18.1. The van der Waals surface area contributed by atoms with Crippen LogP contribution in [0.2, 0.25) is 0 Å². The van der Waals surface area contributed by atoms with E-state index in [0.717, 1.165) is 10.5 Å². The van der Waals surface area contributed by atoms with Gasteiger partial charge in [0.05, 0.1) is 23.3 Å². The highest BCUT2D eigenvalue weighted by Crippen LogP contribution is 2.49. The molecule has 0 bridgehead atoms. The number of aliphatic imine (C=N–C) groups is 1. The summed E-state index contributed by atoms with van der Waals surface area (Å²) in [6.45, 7) is 0. The standard InChI is InChI=1S/C25H19F3N2O2S/c26-25(27,28)24(32)30-19-10-5-4-9-17(19)29-18-13-16(15-7-2-1-3-8-15)14-20(31)22(18)23(30)21-11-6-12-33-21/h1-12,16,22-23H,13-14H2. The first-order chi connectivity index (χ1) is 15.8. The molecule has 1 aliphatic heterocycles. The molecule has 0 saturated heterocycles. The second kappa shape index (κ2) is 8.26. The first-order valence-corrected chi connectivity index (χ1v) is 11.4. The van der Waals surface area contributed by atoms with Crippen molar-refractivity contribution in [3.63, 3.8) is 0 Å². The Hall–Kier alpha value is -3.26. The molecule has 0 spiro atoms. The van der Waals surface area contributed by atoms with Crippen LogP contribution in [0, 0.1) is 5.92 Å². The lowest BCUT2D eigenvalue weighted by Crippen LogP contribution is -2.49. The zero-order chi connectivity index (χ0) is 23.2. The van der Waals surface area contributed by atoms with Crippen molar-refractivity contribution in [1.29, 1.82) is 0 Å². The van der Waals surface area contributed by atoms with Gasteiger partial charge in [0.25, 0.3) is 0 Å². The Kier molecular flexibility index (Phi) is 5.40. The number of alkyl halides is 3. The average Bonchev–Trinajstić information content (AvgIpc) is 3.28. The second-order valence-corrected chi connectivity index (χ2v) is 9.16. The number of benzene rings is 2. The summed E-state index contributed by atoms with van der Waals surface area (Å²) in [6.07, 6.45) is -4.48. The topological polar surface area (TPSA) is 49.7 Å². The first-order valence-electron chi connectivity index (χ1n) is 10.5. The van der Waals surface area contributed by atoms with E-state index in [1.54, 1.807) is 35.7 Å². The fourth-order valence-electron chi connectivity index (χ4n) is 4.78. The summed E-state index contributed by atoms with van der Waals surface area (Å²) in [5.41, 5.74) is 1.82. The van der Waals surface area contributed by atoms with Gasteiger partial charge in [0.15, 0.2) is 0 Å². The van der Waals surface area contributed by atoms with Gasteiger partial charge in [0.1, 0.15) is 5.78 Å². The van der Waals surface area contributed by atoms with E-state index in [4.69, 9.17) is 4.99 Å². The maximum Gasteiger partial charge on any atom is 0.471 e. The molecule has 2 aromatic carbocycles. The Morgan fingerprint density at radius 1 is 0.970 bits per heavy atom. The summed E-state index contributed by atoms with van der Waals surface area (Å²) >= 11 is 1.23. The number of hydrogen-bond acceptors (Lipinski definition) is 4. The van der Waals surface area contributed by atoms with Gasteiger partial charge in [-0.15, -0.1) is 11.3 Å². The number of halogens is 3. The van der Waals surface area contributed by atoms with Gasteiger partial charge in [-0.05, 0) is 41.5 Å². The van der Waals surface area contributed by atoms with Gasteiger partial charge in [-0.2, -0.15) is 13.2 Å². The normalized spacial score (nSPS) is 22.8. The molecule has 0 radical (unpaired) electrons. The van der Waals surface area contributed by atoms with Crippen molar-refractivity contribution in [3.8, 4) is 0 Å². The highest BCUT2D eigenvalue weighted by molar-refractivity contribution is 7.10. The van der Waals surface area contributed by atoms with E-state index >= 15 is 0 Å². The molecule has 1 fully saturated rings. The molecule has 3 atom stereocenters. The number of anilines is 1. The Morgan fingerprint density at radius 2 is 1.70 bits per heavy atom. The number of nitrogens with zero attached hydrogens (tertiary/aromatic N) is 2. The van der Waals surface area contributed by atoms with Crippen LogP contribution in [0.25, 0.3) is 0 Å². The number of Topliss-reactive ketones (excluding diaryl/α,β-unsaturated/α-hetero) is 1. The van der Waals surface area contributed by atoms with E-state index in [0.29, 0.717) is 17.0 Å². The third-order valence-electron chi connectivity index (χ3n) is 6.18. The maximum absolute atomic E-state index is 13.8. The molecule has 1 amide bonds. The number of carbonyl (C=O) groups excluding carboxylic acids is 2. The minimum Gasteiger partial charge on any atom is -0.299 e. The number of carbonyl (C=O) groups is 2. The predicted octanol–water partition coefficient (Wildman–Crippen LogP) is 6.23. The second-order valence-electron chi connectivity index (χ2n) is 8.18. The van der Waals surface area contributed by atoms with Crippen LogP contribution in [-0.4, -0.2) is 23.6 Å². The average molecular weight is 469 g/mol. The van der Waals surface area contributed by atoms with Gasteiger partial charge in [-0.3, -0.25) is 19.5 Å². The van der Waals surface area contributed by atoms with Crippen molar-refractivity contribution >= 4 is 40.1 Å². The van der Waals surface area contributed by atoms with Crippen molar-refractivity contribution in [3.05, 3.63) is 82.6 Å². The van der Waals surface area contributed by atoms with Gasteiger partial charge in [-0.25, -0.2) is 0 Å². The third-order valence-corrected chi connectivity index (χ3v) is 7.12. The van der Waals surface area contributed by atoms with Crippen LogP contribution in [-0.2, 0) is 9.59 Å². The Morgan fingerprint density at radius 3 is 2.39 bits per heavy atom. The molecule has 5 rings (SSSR count). The van der Waals surface area contributed by atoms with Crippen LogP contribution >= 0.6 is 11.3 Å². The number of fused-ring (bicyclic) bond motifs is 2. The third kappa shape index (κ3) is 3.88. The van der Waals surface area contributed by atoms with Crippen molar-refractivity contribution in [1.82, 2.24) is 0 Å². The smallest absolute Gasteiger partial charge is 0.299 e. The van der Waals surface area contributed by atoms with Crippen LogP contribution in [0.1, 0.15) is 35.2 Å². The van der Waals surface area contributed by atoms with Gasteiger partial charge in [0.2, 0.25) is 0 Å². The molecule has 3 aromatic rings. The summed E-state index contributed by atoms with van der Waals surface area (Å²) in [7, 11) is 0. The molecule has 4 nitrogen and oxygen atoms in total. The molecule has 8 heteroatoms.